The summed E-state index contributed by atoms with van der Waals surface area (Å²) in [6.45, 7) is 1.94. The molecular formula is C11H10O2S. The van der Waals surface area contributed by atoms with E-state index < -0.39 is 0 Å². The lowest BCUT2D eigenvalue weighted by atomic mass is 10.1. The number of hydrogen-bond acceptors (Lipinski definition) is 3. The molecule has 72 valence electrons. The molecule has 0 spiro atoms. The van der Waals surface area contributed by atoms with Crippen molar-refractivity contribution in [2.45, 2.75) is 13.5 Å². The number of aliphatic hydroxyl groups is 1. The van der Waals surface area contributed by atoms with Gasteiger partial charge in [-0.1, -0.05) is 12.1 Å². The Bertz CT molecular complexity index is 485. The number of benzene rings is 1. The Morgan fingerprint density at radius 1 is 1.50 bits per heavy atom. The minimum absolute atomic E-state index is 0.0824. The molecule has 0 aliphatic heterocycles. The number of hydrogen-bond donors (Lipinski definition) is 1. The van der Waals surface area contributed by atoms with Gasteiger partial charge < -0.3 is 5.11 Å². The van der Waals surface area contributed by atoms with Crippen molar-refractivity contribution < 1.29 is 9.90 Å². The summed E-state index contributed by atoms with van der Waals surface area (Å²) in [5.41, 5.74) is 2.51. The van der Waals surface area contributed by atoms with Gasteiger partial charge in [-0.05, 0) is 28.8 Å². The van der Waals surface area contributed by atoms with Crippen molar-refractivity contribution in [3.63, 3.8) is 0 Å². The minimum atomic E-state index is -0.0824. The molecule has 2 rings (SSSR count). The quantitative estimate of drug-likeness (QED) is 0.766. The van der Waals surface area contributed by atoms with E-state index in [1.807, 2.05) is 24.4 Å². The summed E-state index contributed by atoms with van der Waals surface area (Å²) in [4.78, 5) is 10.9. The molecule has 0 radical (unpaired) electrons. The smallest absolute Gasteiger partial charge is 0.151 e. The van der Waals surface area contributed by atoms with Gasteiger partial charge in [0.2, 0.25) is 0 Å². The van der Waals surface area contributed by atoms with Crippen molar-refractivity contribution in [3.05, 3.63) is 34.2 Å². The first-order valence-electron chi connectivity index (χ1n) is 4.33. The van der Waals surface area contributed by atoms with E-state index in [1.54, 1.807) is 11.3 Å². The van der Waals surface area contributed by atoms with Gasteiger partial charge in [-0.15, -0.1) is 11.3 Å². The molecule has 1 N–H and O–H groups in total. The van der Waals surface area contributed by atoms with E-state index in [1.165, 1.54) is 5.56 Å². The van der Waals surface area contributed by atoms with Crippen molar-refractivity contribution in [1.29, 1.82) is 0 Å². The SMILES string of the molecule is Cc1csc2c(C=O)c(CO)ccc12. The highest BCUT2D eigenvalue weighted by Gasteiger charge is 2.08. The molecule has 2 aromatic rings. The summed E-state index contributed by atoms with van der Waals surface area (Å²) in [6.07, 6.45) is 0.823. The Kier molecular flexibility index (Phi) is 2.35. The first-order valence-corrected chi connectivity index (χ1v) is 5.21. The Morgan fingerprint density at radius 2 is 2.29 bits per heavy atom. The second-order valence-corrected chi connectivity index (χ2v) is 4.09. The predicted octanol–water partition coefficient (Wildman–Crippen LogP) is 2.51. The van der Waals surface area contributed by atoms with Crippen LogP contribution in [0.1, 0.15) is 21.5 Å². The largest absolute Gasteiger partial charge is 0.392 e. The number of aryl methyl sites for hydroxylation is 1. The molecule has 1 aromatic carbocycles. The lowest BCUT2D eigenvalue weighted by Crippen LogP contribution is -1.91. The number of aliphatic hydroxyl groups excluding tert-OH is 1. The topological polar surface area (TPSA) is 37.3 Å². The van der Waals surface area contributed by atoms with Crippen molar-refractivity contribution in [2.75, 3.05) is 0 Å². The third-order valence-corrected chi connectivity index (χ3v) is 3.50. The van der Waals surface area contributed by atoms with Crippen LogP contribution in [0.2, 0.25) is 0 Å². The van der Waals surface area contributed by atoms with Crippen LogP contribution in [0.15, 0.2) is 17.5 Å². The summed E-state index contributed by atoms with van der Waals surface area (Å²) in [5, 5.41) is 12.2. The summed E-state index contributed by atoms with van der Waals surface area (Å²) in [5.74, 6) is 0. The Hall–Kier alpha value is -1.19. The molecule has 0 unspecified atom stereocenters. The van der Waals surface area contributed by atoms with E-state index in [0.29, 0.717) is 11.1 Å². The van der Waals surface area contributed by atoms with E-state index in [4.69, 9.17) is 5.11 Å². The molecule has 0 aliphatic carbocycles. The van der Waals surface area contributed by atoms with Gasteiger partial charge in [-0.3, -0.25) is 4.79 Å². The zero-order valence-corrected chi connectivity index (χ0v) is 8.60. The van der Waals surface area contributed by atoms with E-state index >= 15 is 0 Å². The van der Waals surface area contributed by atoms with E-state index in [9.17, 15) is 4.79 Å². The maximum absolute atomic E-state index is 10.9. The Labute approximate surface area is 85.8 Å². The van der Waals surface area contributed by atoms with Crippen LogP contribution in [0.25, 0.3) is 10.1 Å². The third kappa shape index (κ3) is 1.25. The first kappa shape index (κ1) is 9.37. The molecule has 0 saturated heterocycles. The summed E-state index contributed by atoms with van der Waals surface area (Å²) < 4.78 is 0.976. The second kappa shape index (κ2) is 3.52. The van der Waals surface area contributed by atoms with Crippen molar-refractivity contribution in [3.8, 4) is 0 Å². The fourth-order valence-corrected chi connectivity index (χ4v) is 2.64. The van der Waals surface area contributed by atoms with Gasteiger partial charge in [0.15, 0.2) is 6.29 Å². The first-order chi connectivity index (χ1) is 6.77. The average molecular weight is 206 g/mol. The number of carbonyl (C=O) groups is 1. The highest BCUT2D eigenvalue weighted by atomic mass is 32.1. The van der Waals surface area contributed by atoms with Gasteiger partial charge in [-0.25, -0.2) is 0 Å². The number of aldehydes is 1. The summed E-state index contributed by atoms with van der Waals surface area (Å²) in [7, 11) is 0. The van der Waals surface area contributed by atoms with Crippen LogP contribution in [-0.4, -0.2) is 11.4 Å². The van der Waals surface area contributed by atoms with Gasteiger partial charge in [-0.2, -0.15) is 0 Å². The van der Waals surface area contributed by atoms with Gasteiger partial charge >= 0.3 is 0 Å². The lowest BCUT2D eigenvalue weighted by Gasteiger charge is -2.02. The van der Waals surface area contributed by atoms with E-state index in [0.717, 1.165) is 16.4 Å². The van der Waals surface area contributed by atoms with Gasteiger partial charge in [0.05, 0.1) is 6.61 Å². The molecule has 0 fully saturated rings. The van der Waals surface area contributed by atoms with Crippen LogP contribution in [0, 0.1) is 6.92 Å². The maximum atomic E-state index is 10.9. The maximum Gasteiger partial charge on any atom is 0.151 e. The van der Waals surface area contributed by atoms with Gasteiger partial charge in [0.25, 0.3) is 0 Å². The Balaban J connectivity index is 2.84. The fraction of sp³-hybridized carbons (Fsp3) is 0.182. The molecular weight excluding hydrogens is 196 g/mol. The minimum Gasteiger partial charge on any atom is -0.392 e. The molecule has 3 heteroatoms. The molecule has 0 aliphatic rings. The number of fused-ring (bicyclic) bond motifs is 1. The average Bonchev–Trinajstić information content (AvgIpc) is 2.59. The van der Waals surface area contributed by atoms with Crippen LogP contribution < -0.4 is 0 Å². The summed E-state index contributed by atoms with van der Waals surface area (Å²) in [6, 6.07) is 3.77. The number of carbonyl (C=O) groups excluding carboxylic acids is 1. The standard InChI is InChI=1S/C11H10O2S/c1-7-6-14-11-9(7)3-2-8(4-12)10(11)5-13/h2-3,5-6,12H,4H2,1H3. The van der Waals surface area contributed by atoms with Crippen LogP contribution in [-0.2, 0) is 6.61 Å². The summed E-state index contributed by atoms with van der Waals surface area (Å²) >= 11 is 1.55. The molecule has 0 bridgehead atoms. The molecule has 0 saturated carbocycles. The highest BCUT2D eigenvalue weighted by molar-refractivity contribution is 7.17. The van der Waals surface area contributed by atoms with Crippen LogP contribution in [0.4, 0.5) is 0 Å². The number of thiophene rings is 1. The van der Waals surface area contributed by atoms with E-state index in [2.05, 4.69) is 0 Å². The normalized spacial score (nSPS) is 10.7. The number of rotatable bonds is 2. The lowest BCUT2D eigenvalue weighted by molar-refractivity contribution is 0.112. The fourth-order valence-electron chi connectivity index (χ4n) is 1.56. The Morgan fingerprint density at radius 3 is 2.93 bits per heavy atom. The van der Waals surface area contributed by atoms with Crippen molar-refractivity contribution >= 4 is 27.7 Å². The zero-order valence-electron chi connectivity index (χ0n) is 7.78. The van der Waals surface area contributed by atoms with Crippen LogP contribution in [0.5, 0.6) is 0 Å². The van der Waals surface area contributed by atoms with Crippen LogP contribution in [0.3, 0.4) is 0 Å². The zero-order chi connectivity index (χ0) is 10.1. The molecule has 14 heavy (non-hydrogen) atoms. The van der Waals surface area contributed by atoms with Crippen molar-refractivity contribution in [1.82, 2.24) is 0 Å². The molecule has 0 atom stereocenters. The second-order valence-electron chi connectivity index (χ2n) is 3.21. The van der Waals surface area contributed by atoms with Crippen molar-refractivity contribution in [2.24, 2.45) is 0 Å². The predicted molar refractivity (Wildman–Crippen MR) is 57.9 cm³/mol. The highest BCUT2D eigenvalue weighted by Crippen LogP contribution is 2.29. The van der Waals surface area contributed by atoms with Gasteiger partial charge in [0.1, 0.15) is 0 Å². The van der Waals surface area contributed by atoms with Gasteiger partial charge in [0, 0.05) is 10.3 Å². The molecule has 1 aromatic heterocycles. The third-order valence-electron chi connectivity index (χ3n) is 2.35. The van der Waals surface area contributed by atoms with Crippen LogP contribution >= 0.6 is 11.3 Å². The molecule has 1 heterocycles. The molecule has 2 nitrogen and oxygen atoms in total. The monoisotopic (exact) mass is 206 g/mol. The van der Waals surface area contributed by atoms with E-state index in [-0.39, 0.29) is 6.61 Å². The molecule has 0 amide bonds.